The van der Waals surface area contributed by atoms with Crippen LogP contribution in [0.15, 0.2) is 59.6 Å². The second kappa shape index (κ2) is 9.53. The van der Waals surface area contributed by atoms with E-state index in [9.17, 15) is 13.2 Å². The number of carbonyl (C=O) groups is 1. The molecule has 2 aromatic carbocycles. The van der Waals surface area contributed by atoms with Gasteiger partial charge in [-0.25, -0.2) is 13.4 Å². The van der Waals surface area contributed by atoms with Gasteiger partial charge in [-0.2, -0.15) is 10.3 Å². The van der Waals surface area contributed by atoms with Crippen molar-refractivity contribution in [1.29, 1.82) is 0 Å². The number of hydrogen-bond donors (Lipinski definition) is 4. The number of H-pyrrole nitrogens is 2. The molecule has 0 aliphatic carbocycles. The molecule has 0 saturated heterocycles. The van der Waals surface area contributed by atoms with Gasteiger partial charge in [0.1, 0.15) is 4.90 Å². The van der Waals surface area contributed by atoms with Crippen molar-refractivity contribution in [3.63, 3.8) is 0 Å². The van der Waals surface area contributed by atoms with Crippen molar-refractivity contribution in [3.05, 3.63) is 76.2 Å². The molecule has 4 N–H and O–H groups in total. The molecule has 0 saturated carbocycles. The summed E-state index contributed by atoms with van der Waals surface area (Å²) < 4.78 is 28.0. The average molecular weight is 544 g/mol. The van der Waals surface area contributed by atoms with Crippen LogP contribution >= 0.6 is 23.2 Å². The standard InChI is InChI=1S/C21H15Cl2N9O3S/c22-15-2-1-3-17(19(15)23)36(34,35)30-12-6-4-11(5-7-12)16-8-13(14-9-25-29-20(14)26-16)21(33)24-10-18-27-31-32-28-18/h1-9,30H,10H2,(H,24,33)(H,25,26,29)(H,27,28,31,32). The fourth-order valence-electron chi connectivity index (χ4n) is 3.39. The number of hydrogen-bond acceptors (Lipinski definition) is 8. The van der Waals surface area contributed by atoms with Gasteiger partial charge in [-0.1, -0.05) is 46.6 Å². The van der Waals surface area contributed by atoms with Gasteiger partial charge in [0.05, 0.1) is 39.4 Å². The number of aromatic nitrogens is 7. The van der Waals surface area contributed by atoms with Gasteiger partial charge in [0.15, 0.2) is 11.5 Å². The molecule has 0 radical (unpaired) electrons. The van der Waals surface area contributed by atoms with Crippen LogP contribution in [-0.4, -0.2) is 50.1 Å². The number of amides is 1. The Morgan fingerprint density at radius 3 is 2.64 bits per heavy atom. The number of tetrazole rings is 1. The molecule has 5 rings (SSSR count). The SMILES string of the molecule is O=C(NCc1nn[nH]n1)c1cc(-c2ccc(NS(=O)(=O)c3cccc(Cl)c3Cl)cc2)nc2[nH]ncc12. The van der Waals surface area contributed by atoms with E-state index in [1.165, 1.54) is 24.4 Å². The van der Waals surface area contributed by atoms with E-state index in [0.29, 0.717) is 39.4 Å². The minimum Gasteiger partial charge on any atom is -0.345 e. The number of fused-ring (bicyclic) bond motifs is 1. The highest BCUT2D eigenvalue weighted by atomic mass is 35.5. The van der Waals surface area contributed by atoms with Crippen LogP contribution in [0.5, 0.6) is 0 Å². The summed E-state index contributed by atoms with van der Waals surface area (Å²) in [5, 5.41) is 23.5. The zero-order chi connectivity index (χ0) is 25.3. The number of carbonyl (C=O) groups excluding carboxylic acids is 1. The highest BCUT2D eigenvalue weighted by Gasteiger charge is 2.20. The topological polar surface area (TPSA) is 171 Å². The second-order valence-electron chi connectivity index (χ2n) is 7.43. The Morgan fingerprint density at radius 2 is 1.89 bits per heavy atom. The minimum atomic E-state index is -3.97. The van der Waals surface area contributed by atoms with Crippen LogP contribution in [0.3, 0.4) is 0 Å². The third-order valence-corrected chi connectivity index (χ3v) is 7.46. The lowest BCUT2D eigenvalue weighted by atomic mass is 10.1. The summed E-state index contributed by atoms with van der Waals surface area (Å²) >= 11 is 12.0. The summed E-state index contributed by atoms with van der Waals surface area (Å²) in [6.45, 7) is 0.0812. The van der Waals surface area contributed by atoms with E-state index >= 15 is 0 Å². The van der Waals surface area contributed by atoms with Crippen LogP contribution < -0.4 is 10.0 Å². The number of benzene rings is 2. The number of anilines is 1. The third-order valence-electron chi connectivity index (χ3n) is 5.10. The van der Waals surface area contributed by atoms with Crippen LogP contribution in [-0.2, 0) is 16.6 Å². The van der Waals surface area contributed by atoms with Gasteiger partial charge >= 0.3 is 0 Å². The maximum atomic E-state index is 12.9. The molecule has 0 aliphatic heterocycles. The number of nitrogens with zero attached hydrogens (tertiary/aromatic N) is 5. The zero-order valence-electron chi connectivity index (χ0n) is 18.0. The van der Waals surface area contributed by atoms with Gasteiger partial charge in [-0.05, 0) is 30.3 Å². The van der Waals surface area contributed by atoms with E-state index in [-0.39, 0.29) is 27.4 Å². The van der Waals surface area contributed by atoms with Crippen LogP contribution in [0, 0.1) is 0 Å². The smallest absolute Gasteiger partial charge is 0.263 e. The van der Waals surface area contributed by atoms with Crippen LogP contribution in [0.1, 0.15) is 16.2 Å². The number of halogens is 2. The Balaban J connectivity index is 1.40. The molecule has 0 spiro atoms. The first-order valence-corrected chi connectivity index (χ1v) is 12.5. The van der Waals surface area contributed by atoms with Crippen LogP contribution in [0.2, 0.25) is 10.0 Å². The molecular weight excluding hydrogens is 529 g/mol. The van der Waals surface area contributed by atoms with E-state index < -0.39 is 10.0 Å². The molecule has 0 aliphatic rings. The fraction of sp³-hybridized carbons (Fsp3) is 0.0476. The van der Waals surface area contributed by atoms with Crippen molar-refractivity contribution in [1.82, 2.24) is 41.1 Å². The number of pyridine rings is 1. The third kappa shape index (κ3) is 4.71. The number of sulfonamides is 1. The Bertz CT molecular complexity index is 1670. The maximum absolute atomic E-state index is 12.9. The first kappa shape index (κ1) is 23.7. The molecule has 15 heteroatoms. The Morgan fingerprint density at radius 1 is 1.08 bits per heavy atom. The fourth-order valence-corrected chi connectivity index (χ4v) is 5.21. The van der Waals surface area contributed by atoms with E-state index in [2.05, 4.69) is 45.8 Å². The van der Waals surface area contributed by atoms with Crippen molar-refractivity contribution >= 4 is 55.9 Å². The average Bonchev–Trinajstić information content (AvgIpc) is 3.56. The lowest BCUT2D eigenvalue weighted by molar-refractivity contribution is 0.0951. The molecule has 3 aromatic heterocycles. The first-order valence-electron chi connectivity index (χ1n) is 10.2. The molecule has 12 nitrogen and oxygen atoms in total. The summed E-state index contributed by atoms with van der Waals surface area (Å²) in [6.07, 6.45) is 1.51. The molecule has 36 heavy (non-hydrogen) atoms. The minimum absolute atomic E-state index is 0.0644. The lowest BCUT2D eigenvalue weighted by Gasteiger charge is -2.11. The molecule has 0 unspecified atom stereocenters. The van der Waals surface area contributed by atoms with Gasteiger partial charge in [0.25, 0.3) is 15.9 Å². The molecule has 3 heterocycles. The van der Waals surface area contributed by atoms with Crippen molar-refractivity contribution in [2.24, 2.45) is 0 Å². The first-order chi connectivity index (χ1) is 17.3. The number of rotatable bonds is 7. The highest BCUT2D eigenvalue weighted by Crippen LogP contribution is 2.31. The molecule has 0 bridgehead atoms. The molecule has 0 atom stereocenters. The zero-order valence-corrected chi connectivity index (χ0v) is 20.4. The van der Waals surface area contributed by atoms with E-state index in [1.807, 2.05) is 0 Å². The summed E-state index contributed by atoms with van der Waals surface area (Å²) in [5.74, 6) is -0.0456. The van der Waals surface area contributed by atoms with Crippen molar-refractivity contribution in [2.45, 2.75) is 11.4 Å². The van der Waals surface area contributed by atoms with Gasteiger partial charge in [0.2, 0.25) is 0 Å². The molecule has 182 valence electrons. The highest BCUT2D eigenvalue weighted by molar-refractivity contribution is 7.92. The predicted octanol–water partition coefficient (Wildman–Crippen LogP) is 3.18. The van der Waals surface area contributed by atoms with Crippen molar-refractivity contribution < 1.29 is 13.2 Å². The van der Waals surface area contributed by atoms with Crippen molar-refractivity contribution in [2.75, 3.05) is 4.72 Å². The molecule has 5 aromatic rings. The van der Waals surface area contributed by atoms with Crippen molar-refractivity contribution in [3.8, 4) is 11.3 Å². The summed E-state index contributed by atoms with van der Waals surface area (Å²) in [6, 6.07) is 12.5. The molecule has 1 amide bonds. The number of nitrogens with one attached hydrogen (secondary N) is 4. The Hall–Kier alpha value is -4.07. The Kier molecular flexibility index (Phi) is 6.26. The van der Waals surface area contributed by atoms with Gasteiger partial charge in [-0.3, -0.25) is 14.6 Å². The summed E-state index contributed by atoms with van der Waals surface area (Å²) in [5.41, 5.74) is 2.17. The van der Waals surface area contributed by atoms with E-state index in [0.717, 1.165) is 0 Å². The Labute approximate surface area is 213 Å². The predicted molar refractivity (Wildman–Crippen MR) is 132 cm³/mol. The van der Waals surface area contributed by atoms with Crippen LogP contribution in [0.4, 0.5) is 5.69 Å². The van der Waals surface area contributed by atoms with E-state index in [4.69, 9.17) is 23.2 Å². The summed E-state index contributed by atoms with van der Waals surface area (Å²) in [7, 11) is -3.97. The summed E-state index contributed by atoms with van der Waals surface area (Å²) in [4.78, 5) is 17.3. The second-order valence-corrected chi connectivity index (χ2v) is 9.87. The van der Waals surface area contributed by atoms with Crippen LogP contribution in [0.25, 0.3) is 22.3 Å². The lowest BCUT2D eigenvalue weighted by Crippen LogP contribution is -2.23. The van der Waals surface area contributed by atoms with Gasteiger partial charge < -0.3 is 5.32 Å². The quantitative estimate of drug-likeness (QED) is 0.242. The normalized spacial score (nSPS) is 11.5. The molecule has 0 fully saturated rings. The van der Waals surface area contributed by atoms with Gasteiger partial charge in [-0.15, -0.1) is 10.2 Å². The molecular formula is C21H15Cl2N9O3S. The van der Waals surface area contributed by atoms with E-state index in [1.54, 1.807) is 30.3 Å². The maximum Gasteiger partial charge on any atom is 0.263 e. The number of aromatic amines is 2. The van der Waals surface area contributed by atoms with Gasteiger partial charge in [0, 0.05) is 11.3 Å². The largest absolute Gasteiger partial charge is 0.345 e. The monoisotopic (exact) mass is 543 g/mol.